The Labute approximate surface area is 224 Å². The summed E-state index contributed by atoms with van der Waals surface area (Å²) in [5.74, 6) is -0.434. The van der Waals surface area contributed by atoms with Crippen molar-refractivity contribution in [3.8, 4) is 0 Å². The summed E-state index contributed by atoms with van der Waals surface area (Å²) in [6.45, 7) is 0.989. The Morgan fingerprint density at radius 1 is 0.553 bits per heavy atom. The van der Waals surface area contributed by atoms with Crippen LogP contribution in [0.3, 0.4) is 0 Å². The molecule has 2 atom stereocenters. The molecule has 0 N–H and O–H groups in total. The molecule has 0 fully saturated rings. The lowest BCUT2D eigenvalue weighted by molar-refractivity contribution is -0.139. The van der Waals surface area contributed by atoms with E-state index in [1.807, 2.05) is 133 Å². The van der Waals surface area contributed by atoms with Gasteiger partial charge in [0.05, 0.1) is 13.2 Å². The highest BCUT2D eigenvalue weighted by atomic mass is 16.5. The number of esters is 1. The Kier molecular flexibility index (Phi) is 10.7. The average molecular weight is 505 g/mol. The largest absolute Gasteiger partial charge is 0.458 e. The van der Waals surface area contributed by atoms with Gasteiger partial charge in [-0.2, -0.15) is 0 Å². The minimum atomic E-state index is -0.525. The van der Waals surface area contributed by atoms with Crippen LogP contribution in [0.1, 0.15) is 22.3 Å². The van der Waals surface area contributed by atoms with Crippen LogP contribution in [0, 0.1) is 0 Å². The van der Waals surface area contributed by atoms with Gasteiger partial charge in [0.2, 0.25) is 0 Å². The SMILES string of the molecule is O=C(/C=C/[C@@H](OCc1ccccc1)[C@@H](/C=C/c1ccccc1)OCc1ccccc1)OCc1ccccc1. The van der Waals surface area contributed by atoms with Crippen LogP contribution in [0.4, 0.5) is 0 Å². The highest BCUT2D eigenvalue weighted by Crippen LogP contribution is 2.16. The van der Waals surface area contributed by atoms with Crippen LogP contribution in [-0.2, 0) is 38.8 Å². The van der Waals surface area contributed by atoms with Crippen molar-refractivity contribution in [2.75, 3.05) is 0 Å². The van der Waals surface area contributed by atoms with Gasteiger partial charge in [-0.3, -0.25) is 0 Å². The van der Waals surface area contributed by atoms with E-state index in [0.717, 1.165) is 22.3 Å². The van der Waals surface area contributed by atoms with Crippen LogP contribution < -0.4 is 0 Å². The molecule has 0 heterocycles. The van der Waals surface area contributed by atoms with Crippen molar-refractivity contribution >= 4 is 12.0 Å². The zero-order valence-electron chi connectivity index (χ0n) is 21.3. The fourth-order valence-electron chi connectivity index (χ4n) is 3.77. The van der Waals surface area contributed by atoms with E-state index in [1.54, 1.807) is 6.08 Å². The molecule has 0 saturated heterocycles. The topological polar surface area (TPSA) is 44.8 Å². The summed E-state index contributed by atoms with van der Waals surface area (Å²) < 4.78 is 18.1. The number of hydrogen-bond acceptors (Lipinski definition) is 4. The Morgan fingerprint density at radius 3 is 1.47 bits per heavy atom. The molecule has 0 aliphatic carbocycles. The Balaban J connectivity index is 1.51. The van der Waals surface area contributed by atoms with Crippen molar-refractivity contribution in [1.29, 1.82) is 0 Å². The maximum Gasteiger partial charge on any atom is 0.330 e. The third kappa shape index (κ3) is 9.32. The van der Waals surface area contributed by atoms with Gasteiger partial charge in [-0.15, -0.1) is 0 Å². The summed E-state index contributed by atoms with van der Waals surface area (Å²) in [5, 5.41) is 0. The van der Waals surface area contributed by atoms with Gasteiger partial charge in [0.25, 0.3) is 0 Å². The molecule has 0 bridgehead atoms. The lowest BCUT2D eigenvalue weighted by atomic mass is 10.1. The summed E-state index contributed by atoms with van der Waals surface area (Å²) in [7, 11) is 0. The maximum atomic E-state index is 12.6. The standard InChI is InChI=1S/C34H32O4/c35-34(38-27-31-19-11-4-12-20-31)24-23-33(37-26-30-17-9-3-10-18-30)32(22-21-28-13-5-1-6-14-28)36-25-29-15-7-2-8-16-29/h1-24,32-33H,25-27H2/b22-21+,24-23+/t32-,33-/m1/s1. The monoisotopic (exact) mass is 504 g/mol. The number of carbonyl (C=O) groups is 1. The normalized spacial score (nSPS) is 12.9. The zero-order chi connectivity index (χ0) is 26.3. The van der Waals surface area contributed by atoms with Crippen LogP contribution in [0.5, 0.6) is 0 Å². The molecule has 0 saturated carbocycles. The molecule has 0 spiro atoms. The molecule has 4 nitrogen and oxygen atoms in total. The molecule has 0 aliphatic heterocycles. The number of hydrogen-bond donors (Lipinski definition) is 0. The van der Waals surface area contributed by atoms with E-state index in [2.05, 4.69) is 0 Å². The second-order valence-corrected chi connectivity index (χ2v) is 8.74. The van der Waals surface area contributed by atoms with E-state index < -0.39 is 18.2 Å². The van der Waals surface area contributed by atoms with Gasteiger partial charge in [-0.05, 0) is 28.3 Å². The van der Waals surface area contributed by atoms with E-state index in [4.69, 9.17) is 14.2 Å². The Bertz CT molecular complexity index is 1270. The number of ether oxygens (including phenoxy) is 3. The minimum absolute atomic E-state index is 0.210. The molecular formula is C34H32O4. The first-order valence-corrected chi connectivity index (χ1v) is 12.7. The number of benzene rings is 4. The van der Waals surface area contributed by atoms with Gasteiger partial charge in [-0.1, -0.05) is 133 Å². The quantitative estimate of drug-likeness (QED) is 0.143. The van der Waals surface area contributed by atoms with Crippen molar-refractivity contribution in [3.05, 3.63) is 162 Å². The third-order valence-corrected chi connectivity index (χ3v) is 5.82. The molecule has 0 aliphatic rings. The molecule has 0 aromatic heterocycles. The average Bonchev–Trinajstić information content (AvgIpc) is 2.98. The first kappa shape index (κ1) is 26.8. The fraction of sp³-hybridized carbons (Fsp3) is 0.147. The van der Waals surface area contributed by atoms with Crippen molar-refractivity contribution < 1.29 is 19.0 Å². The van der Waals surface area contributed by atoms with Crippen LogP contribution >= 0.6 is 0 Å². The molecule has 4 aromatic carbocycles. The smallest absolute Gasteiger partial charge is 0.330 e. The molecule has 0 unspecified atom stereocenters. The highest BCUT2D eigenvalue weighted by Gasteiger charge is 2.19. The molecular weight excluding hydrogens is 472 g/mol. The fourth-order valence-corrected chi connectivity index (χ4v) is 3.77. The molecule has 0 amide bonds. The number of rotatable bonds is 13. The maximum absolute atomic E-state index is 12.6. The van der Waals surface area contributed by atoms with Crippen molar-refractivity contribution in [3.63, 3.8) is 0 Å². The summed E-state index contributed by atoms with van der Waals surface area (Å²) in [6.07, 6.45) is 6.17. The molecule has 192 valence electrons. The van der Waals surface area contributed by atoms with Crippen LogP contribution in [0.25, 0.3) is 6.08 Å². The molecule has 0 radical (unpaired) electrons. The summed E-state index contributed by atoms with van der Waals surface area (Å²) in [4.78, 5) is 12.6. The second kappa shape index (κ2) is 15.1. The third-order valence-electron chi connectivity index (χ3n) is 5.82. The predicted octanol–water partition coefficient (Wildman–Crippen LogP) is 7.17. The van der Waals surface area contributed by atoms with Gasteiger partial charge in [0, 0.05) is 6.08 Å². The van der Waals surface area contributed by atoms with Crippen molar-refractivity contribution in [2.45, 2.75) is 32.0 Å². The first-order valence-electron chi connectivity index (χ1n) is 12.7. The summed E-state index contributed by atoms with van der Waals surface area (Å²) in [6, 6.07) is 39.6. The lowest BCUT2D eigenvalue weighted by Crippen LogP contribution is -2.28. The highest BCUT2D eigenvalue weighted by molar-refractivity contribution is 5.82. The van der Waals surface area contributed by atoms with Gasteiger partial charge in [0.1, 0.15) is 18.8 Å². The van der Waals surface area contributed by atoms with Crippen LogP contribution in [0.15, 0.2) is 140 Å². The van der Waals surface area contributed by atoms with E-state index in [9.17, 15) is 4.79 Å². The molecule has 4 aromatic rings. The van der Waals surface area contributed by atoms with Gasteiger partial charge >= 0.3 is 5.97 Å². The van der Waals surface area contributed by atoms with Gasteiger partial charge < -0.3 is 14.2 Å². The van der Waals surface area contributed by atoms with E-state index in [-0.39, 0.29) is 6.61 Å². The molecule has 4 rings (SSSR count). The molecule has 4 heteroatoms. The number of carbonyl (C=O) groups excluding carboxylic acids is 1. The Hall–Kier alpha value is -4.25. The Morgan fingerprint density at radius 2 is 0.974 bits per heavy atom. The van der Waals surface area contributed by atoms with E-state index >= 15 is 0 Å². The van der Waals surface area contributed by atoms with Gasteiger partial charge in [0.15, 0.2) is 0 Å². The second-order valence-electron chi connectivity index (χ2n) is 8.74. The van der Waals surface area contributed by atoms with Crippen LogP contribution in [0.2, 0.25) is 0 Å². The summed E-state index contributed by atoms with van der Waals surface area (Å²) in [5.41, 5.74) is 4.07. The van der Waals surface area contributed by atoms with Crippen LogP contribution in [-0.4, -0.2) is 18.2 Å². The first-order chi connectivity index (χ1) is 18.8. The van der Waals surface area contributed by atoms with Crippen molar-refractivity contribution in [2.24, 2.45) is 0 Å². The zero-order valence-corrected chi connectivity index (χ0v) is 21.3. The summed E-state index contributed by atoms with van der Waals surface area (Å²) >= 11 is 0. The van der Waals surface area contributed by atoms with Crippen molar-refractivity contribution in [1.82, 2.24) is 0 Å². The van der Waals surface area contributed by atoms with E-state index in [1.165, 1.54) is 6.08 Å². The lowest BCUT2D eigenvalue weighted by Gasteiger charge is -2.23. The van der Waals surface area contributed by atoms with Gasteiger partial charge in [-0.25, -0.2) is 4.79 Å². The predicted molar refractivity (Wildman–Crippen MR) is 151 cm³/mol. The van der Waals surface area contributed by atoms with E-state index in [0.29, 0.717) is 13.2 Å². The molecule has 38 heavy (non-hydrogen) atoms. The minimum Gasteiger partial charge on any atom is -0.458 e.